The lowest BCUT2D eigenvalue weighted by molar-refractivity contribution is 1.55. The molecule has 0 amide bonds. The molecule has 0 atom stereocenters. The van der Waals surface area contributed by atoms with Gasteiger partial charge in [-0.3, -0.25) is 0 Å². The fraction of sp³-hybridized carbons (Fsp3) is 0. The van der Waals surface area contributed by atoms with Gasteiger partial charge in [-0.1, -0.05) is 48.5 Å². The molecule has 2 heteroatoms. The molecule has 0 fully saturated rings. The van der Waals surface area contributed by atoms with Gasteiger partial charge in [-0.05, 0) is 58.8 Å². The summed E-state index contributed by atoms with van der Waals surface area (Å²) < 4.78 is 0. The van der Waals surface area contributed by atoms with E-state index in [1.807, 2.05) is 24.4 Å². The zero-order chi connectivity index (χ0) is 17.3. The molecule has 0 aliphatic carbocycles. The van der Waals surface area contributed by atoms with Crippen molar-refractivity contribution in [1.29, 1.82) is 0 Å². The van der Waals surface area contributed by atoms with Crippen LogP contribution in [0.3, 0.4) is 0 Å². The minimum atomic E-state index is 1.09. The Kier molecular flexibility index (Phi) is 3.46. The van der Waals surface area contributed by atoms with Crippen molar-refractivity contribution >= 4 is 44.3 Å². The Morgan fingerprint density at radius 2 is 1.38 bits per heavy atom. The second-order valence-corrected chi connectivity index (χ2v) is 6.52. The third-order valence-corrected chi connectivity index (χ3v) is 4.79. The van der Waals surface area contributed by atoms with Crippen LogP contribution in [-0.4, -0.2) is 4.98 Å². The highest BCUT2D eigenvalue weighted by atomic mass is 14.8. The van der Waals surface area contributed by atoms with Gasteiger partial charge in [0.2, 0.25) is 0 Å². The molecule has 0 saturated carbocycles. The molecule has 5 rings (SSSR count). The van der Waals surface area contributed by atoms with Crippen molar-refractivity contribution in [2.45, 2.75) is 0 Å². The number of para-hydroxylation sites is 1. The standard InChI is InChI=1S/C24H18N2/c1-2-8-20(9-3-1)25-13-12-17-10-11-23-21(14-17)22-15-18-6-4-5-7-19(18)16-24(22)26-23/h1-16,25-26H/b13-12-. The molecule has 1 aromatic heterocycles. The van der Waals surface area contributed by atoms with Gasteiger partial charge < -0.3 is 10.3 Å². The third kappa shape index (κ3) is 2.62. The number of H-pyrrole nitrogens is 1. The van der Waals surface area contributed by atoms with E-state index >= 15 is 0 Å². The number of anilines is 1. The lowest BCUT2D eigenvalue weighted by Crippen LogP contribution is -1.85. The Bertz CT molecular complexity index is 1250. The second kappa shape index (κ2) is 6.08. The van der Waals surface area contributed by atoms with E-state index < -0.39 is 0 Å². The molecule has 0 saturated heterocycles. The molecule has 0 radical (unpaired) electrons. The largest absolute Gasteiger partial charge is 0.362 e. The summed E-state index contributed by atoms with van der Waals surface area (Å²) in [6.07, 6.45) is 4.09. The normalized spacial score (nSPS) is 11.7. The van der Waals surface area contributed by atoms with E-state index in [9.17, 15) is 0 Å². The molecular formula is C24H18N2. The summed E-state index contributed by atoms with van der Waals surface area (Å²) in [5, 5.41) is 8.37. The molecule has 4 aromatic carbocycles. The number of hydrogen-bond donors (Lipinski definition) is 2. The number of aromatic nitrogens is 1. The molecule has 5 aromatic rings. The van der Waals surface area contributed by atoms with E-state index in [0.29, 0.717) is 0 Å². The topological polar surface area (TPSA) is 27.8 Å². The van der Waals surface area contributed by atoms with Crippen molar-refractivity contribution in [1.82, 2.24) is 4.98 Å². The van der Waals surface area contributed by atoms with Crippen LogP contribution < -0.4 is 5.32 Å². The summed E-state index contributed by atoms with van der Waals surface area (Å²) in [6.45, 7) is 0. The van der Waals surface area contributed by atoms with Crippen molar-refractivity contribution in [2.24, 2.45) is 0 Å². The Balaban J connectivity index is 1.55. The van der Waals surface area contributed by atoms with Gasteiger partial charge in [0.05, 0.1) is 0 Å². The lowest BCUT2D eigenvalue weighted by Gasteiger charge is -2.00. The molecule has 0 bridgehead atoms. The Labute approximate surface area is 151 Å². The zero-order valence-corrected chi connectivity index (χ0v) is 14.2. The molecule has 0 unspecified atom stereocenters. The van der Waals surface area contributed by atoms with Crippen molar-refractivity contribution in [3.05, 3.63) is 96.7 Å². The predicted molar refractivity (Wildman–Crippen MR) is 112 cm³/mol. The summed E-state index contributed by atoms with van der Waals surface area (Å²) in [7, 11) is 0. The molecular weight excluding hydrogens is 316 g/mol. The Morgan fingerprint density at radius 3 is 2.23 bits per heavy atom. The summed E-state index contributed by atoms with van der Waals surface area (Å²) in [5.74, 6) is 0. The minimum absolute atomic E-state index is 1.09. The molecule has 0 aliphatic heterocycles. The van der Waals surface area contributed by atoms with Crippen LogP contribution in [0.15, 0.2) is 91.1 Å². The molecule has 0 spiro atoms. The van der Waals surface area contributed by atoms with E-state index in [2.05, 4.69) is 83.1 Å². The van der Waals surface area contributed by atoms with Gasteiger partial charge in [0.15, 0.2) is 0 Å². The summed E-state index contributed by atoms with van der Waals surface area (Å²) in [4.78, 5) is 3.54. The molecule has 124 valence electrons. The van der Waals surface area contributed by atoms with Crippen LogP contribution in [0.25, 0.3) is 38.7 Å². The van der Waals surface area contributed by atoms with Crippen molar-refractivity contribution in [2.75, 3.05) is 5.32 Å². The first-order chi connectivity index (χ1) is 12.9. The highest BCUT2D eigenvalue weighted by Crippen LogP contribution is 2.30. The molecule has 1 heterocycles. The van der Waals surface area contributed by atoms with Gasteiger partial charge in [-0.15, -0.1) is 0 Å². The fourth-order valence-electron chi connectivity index (χ4n) is 3.48. The van der Waals surface area contributed by atoms with E-state index in [-0.39, 0.29) is 0 Å². The maximum Gasteiger partial charge on any atom is 0.0471 e. The van der Waals surface area contributed by atoms with Crippen molar-refractivity contribution < 1.29 is 0 Å². The Hall–Kier alpha value is -3.52. The van der Waals surface area contributed by atoms with E-state index in [1.165, 1.54) is 38.1 Å². The van der Waals surface area contributed by atoms with Crippen molar-refractivity contribution in [3.63, 3.8) is 0 Å². The zero-order valence-electron chi connectivity index (χ0n) is 14.2. The average molecular weight is 334 g/mol. The van der Waals surface area contributed by atoms with Crippen molar-refractivity contribution in [3.8, 4) is 0 Å². The summed E-state index contributed by atoms with van der Waals surface area (Å²) in [6, 6.07) is 29.7. The van der Waals surface area contributed by atoms with Crippen LogP contribution >= 0.6 is 0 Å². The monoisotopic (exact) mass is 334 g/mol. The summed E-state index contributed by atoms with van der Waals surface area (Å²) >= 11 is 0. The van der Waals surface area contributed by atoms with Crippen LogP contribution in [-0.2, 0) is 0 Å². The number of hydrogen-bond acceptors (Lipinski definition) is 1. The number of benzene rings is 4. The van der Waals surface area contributed by atoms with Crippen LogP contribution in [0.5, 0.6) is 0 Å². The second-order valence-electron chi connectivity index (χ2n) is 6.52. The van der Waals surface area contributed by atoms with Crippen LogP contribution in [0, 0.1) is 0 Å². The number of aromatic amines is 1. The maximum atomic E-state index is 3.54. The maximum absolute atomic E-state index is 3.54. The van der Waals surface area contributed by atoms with Crippen LogP contribution in [0.4, 0.5) is 5.69 Å². The van der Waals surface area contributed by atoms with Crippen LogP contribution in [0.1, 0.15) is 5.56 Å². The number of nitrogens with one attached hydrogen (secondary N) is 2. The van der Waals surface area contributed by atoms with E-state index in [0.717, 1.165) is 5.69 Å². The third-order valence-electron chi connectivity index (χ3n) is 4.79. The highest BCUT2D eigenvalue weighted by Gasteiger charge is 2.06. The van der Waals surface area contributed by atoms with Crippen LogP contribution in [0.2, 0.25) is 0 Å². The van der Waals surface area contributed by atoms with Gasteiger partial charge in [0, 0.05) is 33.7 Å². The first-order valence-corrected chi connectivity index (χ1v) is 8.79. The van der Waals surface area contributed by atoms with Gasteiger partial charge >= 0.3 is 0 Å². The SMILES string of the molecule is C(=C/c1ccc2[nH]c3cc4ccccc4cc3c2c1)/Nc1ccccc1. The minimum Gasteiger partial charge on any atom is -0.362 e. The molecule has 2 nitrogen and oxygen atoms in total. The number of fused-ring (bicyclic) bond motifs is 4. The summed E-state index contributed by atoms with van der Waals surface area (Å²) in [5.41, 5.74) is 4.61. The first kappa shape index (κ1) is 14.8. The van der Waals surface area contributed by atoms with Gasteiger partial charge in [-0.25, -0.2) is 0 Å². The van der Waals surface area contributed by atoms with Gasteiger partial charge in [0.1, 0.15) is 0 Å². The number of rotatable bonds is 3. The average Bonchev–Trinajstić information content (AvgIpc) is 3.04. The smallest absolute Gasteiger partial charge is 0.0471 e. The molecule has 2 N–H and O–H groups in total. The van der Waals surface area contributed by atoms with E-state index in [1.54, 1.807) is 0 Å². The quantitative estimate of drug-likeness (QED) is 0.384. The molecule has 26 heavy (non-hydrogen) atoms. The van der Waals surface area contributed by atoms with E-state index in [4.69, 9.17) is 0 Å². The Morgan fingerprint density at radius 1 is 0.654 bits per heavy atom. The van der Waals surface area contributed by atoms with Gasteiger partial charge in [-0.2, -0.15) is 0 Å². The predicted octanol–water partition coefficient (Wildman–Crippen LogP) is 6.56. The highest BCUT2D eigenvalue weighted by molar-refractivity contribution is 6.12. The first-order valence-electron chi connectivity index (χ1n) is 8.79. The fourth-order valence-corrected chi connectivity index (χ4v) is 3.48. The lowest BCUT2D eigenvalue weighted by atomic mass is 10.0. The van der Waals surface area contributed by atoms with Gasteiger partial charge in [0.25, 0.3) is 0 Å². The molecule has 0 aliphatic rings.